The van der Waals surface area contributed by atoms with Crippen molar-refractivity contribution in [3.8, 4) is 0 Å². The van der Waals surface area contributed by atoms with E-state index in [0.29, 0.717) is 24.2 Å². The molecule has 5 rings (SSSR count). The summed E-state index contributed by atoms with van der Waals surface area (Å²) in [5, 5.41) is 18.9. The Hall–Kier alpha value is -3.76. The molecule has 0 aliphatic carbocycles. The largest absolute Gasteiger partial charge is 0.481 e. The van der Waals surface area contributed by atoms with Gasteiger partial charge >= 0.3 is 11.9 Å². The summed E-state index contributed by atoms with van der Waals surface area (Å²) in [6.07, 6.45) is 0.549. The van der Waals surface area contributed by atoms with E-state index in [0.717, 1.165) is 78.0 Å². The average molecular weight is 631 g/mol. The quantitative estimate of drug-likeness (QED) is 0.138. The van der Waals surface area contributed by atoms with E-state index in [9.17, 15) is 19.8 Å². The van der Waals surface area contributed by atoms with Gasteiger partial charge in [0.25, 0.3) is 0 Å². The highest BCUT2D eigenvalue weighted by atomic mass is 32.1. The lowest BCUT2D eigenvalue weighted by atomic mass is 9.98. The van der Waals surface area contributed by atoms with Crippen molar-refractivity contribution in [3.63, 3.8) is 0 Å². The van der Waals surface area contributed by atoms with Crippen molar-refractivity contribution in [2.75, 3.05) is 0 Å². The number of nitrogens with one attached hydrogen (secondary N) is 2. The minimum atomic E-state index is -0.886. The molecular weight excluding hydrogens is 593 g/mol. The van der Waals surface area contributed by atoms with Crippen molar-refractivity contribution in [2.24, 2.45) is 0 Å². The maximum atomic E-state index is 11.6. The number of allylic oxidation sites excluding steroid dienone is 4. The van der Waals surface area contributed by atoms with Crippen LogP contribution in [-0.4, -0.2) is 42.1 Å². The van der Waals surface area contributed by atoms with Crippen LogP contribution in [0.3, 0.4) is 0 Å². The average Bonchev–Trinajstić information content (AvgIpc) is 3.59. The summed E-state index contributed by atoms with van der Waals surface area (Å²) in [5.74, 6) is -1.77. The van der Waals surface area contributed by atoms with Crippen LogP contribution in [0.25, 0.3) is 44.4 Å². The number of aliphatic carboxylic acids is 2. The molecule has 1 unspecified atom stereocenters. The number of H-pyrrole nitrogens is 2. The number of carboxylic acid groups (broad SMARTS) is 2. The zero-order valence-electron chi connectivity index (χ0n) is 25.8. The SMILES string of the molecule is CC1=C(CCC(=O)O)c2cc3nc(cc4[nH]c(cc5[nH]c(cc1n2)c(C)c5C(C)S)c(C)c4[C@@H](C)S)C(C)=C3CCC(=O)O. The van der Waals surface area contributed by atoms with Crippen LogP contribution >= 0.6 is 25.3 Å². The summed E-state index contributed by atoms with van der Waals surface area (Å²) in [4.78, 5) is 40.4. The van der Waals surface area contributed by atoms with E-state index in [1.165, 1.54) is 0 Å². The number of aryl methyl sites for hydroxylation is 2. The van der Waals surface area contributed by atoms with Crippen molar-refractivity contribution in [1.29, 1.82) is 0 Å². The Labute approximate surface area is 267 Å². The molecule has 8 nitrogen and oxygen atoms in total. The van der Waals surface area contributed by atoms with Crippen LogP contribution in [0.5, 0.6) is 0 Å². The third kappa shape index (κ3) is 5.97. The van der Waals surface area contributed by atoms with Crippen LogP contribution in [0.1, 0.15) is 109 Å². The highest BCUT2D eigenvalue weighted by molar-refractivity contribution is 7.80. The monoisotopic (exact) mass is 630 g/mol. The second-order valence-corrected chi connectivity index (χ2v) is 13.2. The molecule has 2 aliphatic heterocycles. The lowest BCUT2D eigenvalue weighted by Gasteiger charge is -2.05. The number of hydrogen-bond donors (Lipinski definition) is 6. The number of hydrogen-bond acceptors (Lipinski definition) is 6. The van der Waals surface area contributed by atoms with Gasteiger partial charge in [0.15, 0.2) is 0 Å². The summed E-state index contributed by atoms with van der Waals surface area (Å²) in [5.41, 5.74) is 14.2. The van der Waals surface area contributed by atoms with Gasteiger partial charge in [0.1, 0.15) is 0 Å². The summed E-state index contributed by atoms with van der Waals surface area (Å²) in [7, 11) is 0. The molecule has 4 N–H and O–H groups in total. The van der Waals surface area contributed by atoms with Gasteiger partial charge in [-0.3, -0.25) is 9.59 Å². The van der Waals surface area contributed by atoms with E-state index in [1.807, 2.05) is 39.0 Å². The molecule has 44 heavy (non-hydrogen) atoms. The highest BCUT2D eigenvalue weighted by Gasteiger charge is 2.23. The van der Waals surface area contributed by atoms with Crippen molar-refractivity contribution >= 4 is 81.6 Å². The van der Waals surface area contributed by atoms with Gasteiger partial charge < -0.3 is 20.2 Å². The maximum absolute atomic E-state index is 11.6. The van der Waals surface area contributed by atoms with Gasteiger partial charge in [0.2, 0.25) is 0 Å². The Kier molecular flexibility index (Phi) is 8.87. The molecule has 8 bridgehead atoms. The Bertz CT molecular complexity index is 1930. The first kappa shape index (κ1) is 31.7. The lowest BCUT2D eigenvalue weighted by molar-refractivity contribution is -0.137. The molecule has 2 atom stereocenters. The van der Waals surface area contributed by atoms with Gasteiger partial charge in [-0.2, -0.15) is 25.3 Å². The zero-order valence-corrected chi connectivity index (χ0v) is 27.6. The number of carboxylic acids is 2. The van der Waals surface area contributed by atoms with E-state index in [2.05, 4.69) is 36.8 Å². The molecule has 0 amide bonds. The molecule has 0 fully saturated rings. The molecule has 10 heteroatoms. The summed E-state index contributed by atoms with van der Waals surface area (Å²) >= 11 is 9.64. The Balaban J connectivity index is 1.95. The molecule has 0 saturated heterocycles. The first-order valence-electron chi connectivity index (χ1n) is 14.7. The third-order valence-electron chi connectivity index (χ3n) is 8.65. The van der Waals surface area contributed by atoms with E-state index in [1.54, 1.807) is 0 Å². The molecule has 5 heterocycles. The van der Waals surface area contributed by atoms with Crippen LogP contribution < -0.4 is 0 Å². The van der Waals surface area contributed by atoms with E-state index in [4.69, 9.17) is 35.2 Å². The smallest absolute Gasteiger partial charge is 0.303 e. The molecule has 0 radical (unpaired) electrons. The molecule has 0 aromatic carbocycles. The van der Waals surface area contributed by atoms with Gasteiger partial charge in [-0.15, -0.1) is 0 Å². The van der Waals surface area contributed by atoms with Crippen molar-refractivity contribution in [1.82, 2.24) is 19.9 Å². The summed E-state index contributed by atoms with van der Waals surface area (Å²) < 4.78 is 0. The summed E-state index contributed by atoms with van der Waals surface area (Å²) in [6, 6.07) is 8.02. The van der Waals surface area contributed by atoms with Gasteiger partial charge in [-0.1, -0.05) is 0 Å². The van der Waals surface area contributed by atoms with Crippen LogP contribution in [-0.2, 0) is 9.59 Å². The number of rotatable bonds is 8. The van der Waals surface area contributed by atoms with Gasteiger partial charge in [0, 0.05) is 45.4 Å². The molecule has 3 aromatic rings. The first-order chi connectivity index (χ1) is 20.8. The molecular formula is C34H38N4O4S2. The predicted octanol–water partition coefficient (Wildman–Crippen LogP) is 8.50. The van der Waals surface area contributed by atoms with Crippen LogP contribution in [0.2, 0.25) is 0 Å². The summed E-state index contributed by atoms with van der Waals surface area (Å²) in [6.45, 7) is 12.2. The fourth-order valence-electron chi connectivity index (χ4n) is 6.32. The number of thiol groups is 2. The predicted molar refractivity (Wildman–Crippen MR) is 184 cm³/mol. The second kappa shape index (κ2) is 12.3. The van der Waals surface area contributed by atoms with E-state index < -0.39 is 11.9 Å². The number of carbonyl (C=O) groups is 2. The molecule has 0 spiro atoms. The van der Waals surface area contributed by atoms with Crippen LogP contribution in [0, 0.1) is 13.8 Å². The standard InChI is InChI=1S/C34H38N4O4S2/c1-15-21(7-9-31(39)40)27-14-28-22(8-10-32(41)42)16(2)24(36-28)12-29-34(20(6)44)18(4)26(38-29)13-30-33(19(5)43)17(3)25(37-30)11-23(15)35-27/h11-14,19-20,37-38,43-44H,7-10H2,1-6H3,(H,39,40)(H,41,42)/t19?,20-/m1/s1. The molecule has 230 valence electrons. The van der Waals surface area contributed by atoms with Crippen molar-refractivity contribution < 1.29 is 19.8 Å². The Morgan fingerprint density at radius 3 is 1.45 bits per heavy atom. The van der Waals surface area contributed by atoms with Gasteiger partial charge in [-0.25, -0.2) is 9.97 Å². The van der Waals surface area contributed by atoms with E-state index >= 15 is 0 Å². The van der Waals surface area contributed by atoms with Crippen molar-refractivity contribution in [3.05, 3.63) is 69.3 Å². The number of nitrogens with zero attached hydrogens (tertiary/aromatic N) is 2. The molecule has 2 aliphatic rings. The topological polar surface area (TPSA) is 132 Å². The van der Waals surface area contributed by atoms with E-state index in [-0.39, 0.29) is 23.3 Å². The zero-order chi connectivity index (χ0) is 32.0. The van der Waals surface area contributed by atoms with Crippen LogP contribution in [0.4, 0.5) is 0 Å². The van der Waals surface area contributed by atoms with Crippen LogP contribution in [0.15, 0.2) is 24.3 Å². The number of fused-ring (bicyclic) bond motifs is 8. The van der Waals surface area contributed by atoms with Gasteiger partial charge in [-0.05, 0) is 123 Å². The maximum Gasteiger partial charge on any atom is 0.303 e. The second-order valence-electron chi connectivity index (χ2n) is 11.7. The Morgan fingerprint density at radius 1 is 0.659 bits per heavy atom. The number of aromatic nitrogens is 4. The fourth-order valence-corrected chi connectivity index (χ4v) is 6.98. The minimum absolute atomic E-state index is 0.0338. The fraction of sp³-hybridized carbons (Fsp3) is 0.353. The molecule has 3 aromatic heterocycles. The van der Waals surface area contributed by atoms with Crippen molar-refractivity contribution in [2.45, 2.75) is 77.7 Å². The lowest BCUT2D eigenvalue weighted by Crippen LogP contribution is -1.97. The Morgan fingerprint density at radius 2 is 1.05 bits per heavy atom. The van der Waals surface area contributed by atoms with Gasteiger partial charge in [0.05, 0.1) is 22.8 Å². The number of aromatic amines is 2. The minimum Gasteiger partial charge on any atom is -0.481 e. The first-order valence-corrected chi connectivity index (χ1v) is 15.8. The highest BCUT2D eigenvalue weighted by Crippen LogP contribution is 2.39. The normalized spacial score (nSPS) is 14.7. The molecule has 0 saturated carbocycles. The third-order valence-corrected chi connectivity index (χ3v) is 9.16.